The maximum Gasteiger partial charge on any atom is 0.287 e. The molecule has 0 bridgehead atoms. The lowest BCUT2D eigenvalue weighted by atomic mass is 10.1. The van der Waals surface area contributed by atoms with Crippen molar-refractivity contribution < 1.29 is 18.7 Å². The number of carbonyl (C=O) groups excluding carboxylic acids is 1. The Morgan fingerprint density at radius 3 is 2.59 bits per heavy atom. The van der Waals surface area contributed by atoms with Gasteiger partial charge in [0.2, 0.25) is 0 Å². The number of guanidine groups is 1. The van der Waals surface area contributed by atoms with Crippen LogP contribution in [0.3, 0.4) is 0 Å². The van der Waals surface area contributed by atoms with Gasteiger partial charge >= 0.3 is 0 Å². The van der Waals surface area contributed by atoms with Gasteiger partial charge in [0, 0.05) is 26.7 Å². The van der Waals surface area contributed by atoms with Crippen molar-refractivity contribution in [1.82, 2.24) is 16.0 Å². The lowest BCUT2D eigenvalue weighted by Crippen LogP contribution is -2.41. The quantitative estimate of drug-likeness (QED) is 0.303. The van der Waals surface area contributed by atoms with Crippen LogP contribution in [0.1, 0.15) is 29.5 Å². The standard InChI is InChI=1S/C21H30N4O4/c1-4-28-19-15-16(9-10-17(19)27-3)7-5-11-24-21(22-2)25-13-12-23-20(26)18-8-6-14-29-18/h6,8-10,14-15H,4-5,7,11-13H2,1-3H3,(H,23,26)(H2,22,24,25). The fourth-order valence-corrected chi connectivity index (χ4v) is 2.72. The number of carbonyl (C=O) groups is 1. The maximum absolute atomic E-state index is 11.8. The van der Waals surface area contributed by atoms with E-state index < -0.39 is 0 Å². The maximum atomic E-state index is 11.8. The summed E-state index contributed by atoms with van der Waals surface area (Å²) in [5.41, 5.74) is 1.19. The van der Waals surface area contributed by atoms with Gasteiger partial charge in [-0.2, -0.15) is 0 Å². The monoisotopic (exact) mass is 402 g/mol. The molecule has 1 amide bonds. The molecule has 1 heterocycles. The zero-order valence-corrected chi connectivity index (χ0v) is 17.3. The average Bonchev–Trinajstić information content (AvgIpc) is 3.28. The number of aliphatic imine (C=N–C) groups is 1. The van der Waals surface area contributed by atoms with Crippen molar-refractivity contribution in [2.75, 3.05) is 40.4 Å². The third kappa shape index (κ3) is 7.40. The molecule has 8 nitrogen and oxygen atoms in total. The van der Waals surface area contributed by atoms with Crippen molar-refractivity contribution >= 4 is 11.9 Å². The summed E-state index contributed by atoms with van der Waals surface area (Å²) in [6.45, 7) is 4.35. The Kier molecular flexibility index (Phi) is 9.41. The first-order chi connectivity index (χ1) is 14.2. The predicted octanol–water partition coefficient (Wildman–Crippen LogP) is 2.21. The van der Waals surface area contributed by atoms with Crippen LogP contribution >= 0.6 is 0 Å². The second-order valence-electron chi connectivity index (χ2n) is 6.18. The Hall–Kier alpha value is -3.16. The van der Waals surface area contributed by atoms with Crippen LogP contribution in [0.15, 0.2) is 46.0 Å². The molecule has 8 heteroatoms. The number of furan rings is 1. The highest BCUT2D eigenvalue weighted by molar-refractivity contribution is 5.91. The smallest absolute Gasteiger partial charge is 0.287 e. The number of nitrogens with zero attached hydrogens (tertiary/aromatic N) is 1. The van der Waals surface area contributed by atoms with Gasteiger partial charge in [0.15, 0.2) is 23.2 Å². The van der Waals surface area contributed by atoms with Crippen molar-refractivity contribution in [2.24, 2.45) is 4.99 Å². The Morgan fingerprint density at radius 1 is 1.10 bits per heavy atom. The van der Waals surface area contributed by atoms with Gasteiger partial charge in [0.25, 0.3) is 5.91 Å². The Bertz CT molecular complexity index is 775. The highest BCUT2D eigenvalue weighted by Crippen LogP contribution is 2.28. The number of benzene rings is 1. The molecule has 1 aromatic heterocycles. The number of methoxy groups -OCH3 is 1. The minimum atomic E-state index is -0.231. The van der Waals surface area contributed by atoms with Crippen LogP contribution in [0.25, 0.3) is 0 Å². The molecule has 2 aromatic rings. The van der Waals surface area contributed by atoms with Crippen LogP contribution in [-0.2, 0) is 6.42 Å². The second-order valence-corrected chi connectivity index (χ2v) is 6.18. The molecule has 0 aliphatic rings. The summed E-state index contributed by atoms with van der Waals surface area (Å²) in [5.74, 6) is 2.29. The number of ether oxygens (including phenoxy) is 2. The van der Waals surface area contributed by atoms with E-state index in [2.05, 4.69) is 27.0 Å². The van der Waals surface area contributed by atoms with Crippen molar-refractivity contribution in [3.05, 3.63) is 47.9 Å². The highest BCUT2D eigenvalue weighted by atomic mass is 16.5. The zero-order chi connectivity index (χ0) is 20.9. The highest BCUT2D eigenvalue weighted by Gasteiger charge is 2.07. The van der Waals surface area contributed by atoms with Crippen molar-refractivity contribution in [3.8, 4) is 11.5 Å². The Morgan fingerprint density at radius 2 is 1.90 bits per heavy atom. The van der Waals surface area contributed by atoms with E-state index in [1.54, 1.807) is 26.3 Å². The van der Waals surface area contributed by atoms with Gasteiger partial charge in [-0.3, -0.25) is 9.79 Å². The largest absolute Gasteiger partial charge is 0.493 e. The van der Waals surface area contributed by atoms with Crippen LogP contribution in [0, 0.1) is 0 Å². The van der Waals surface area contributed by atoms with Gasteiger partial charge in [-0.15, -0.1) is 0 Å². The van der Waals surface area contributed by atoms with Gasteiger partial charge in [-0.1, -0.05) is 6.07 Å². The number of rotatable bonds is 11. The van der Waals surface area contributed by atoms with Crippen LogP contribution in [0.4, 0.5) is 0 Å². The summed E-state index contributed by atoms with van der Waals surface area (Å²) < 4.78 is 16.0. The topological polar surface area (TPSA) is 97.1 Å². The van der Waals surface area contributed by atoms with Crippen LogP contribution < -0.4 is 25.4 Å². The number of nitrogens with one attached hydrogen (secondary N) is 3. The molecular formula is C21H30N4O4. The number of hydrogen-bond acceptors (Lipinski definition) is 5. The molecule has 0 aliphatic carbocycles. The third-order valence-corrected chi connectivity index (χ3v) is 4.13. The Balaban J connectivity index is 1.65. The van der Waals surface area contributed by atoms with E-state index in [0.717, 1.165) is 30.9 Å². The number of hydrogen-bond donors (Lipinski definition) is 3. The van der Waals surface area contributed by atoms with Crippen LogP contribution in [0.2, 0.25) is 0 Å². The van der Waals surface area contributed by atoms with E-state index >= 15 is 0 Å². The average molecular weight is 402 g/mol. The van der Waals surface area contributed by atoms with Crippen molar-refractivity contribution in [1.29, 1.82) is 0 Å². The van der Waals surface area contributed by atoms with E-state index in [1.165, 1.54) is 11.8 Å². The second kappa shape index (κ2) is 12.3. The molecule has 0 spiro atoms. The van der Waals surface area contributed by atoms with Gasteiger partial charge in [-0.25, -0.2) is 0 Å². The summed E-state index contributed by atoms with van der Waals surface area (Å²) in [5, 5.41) is 9.21. The summed E-state index contributed by atoms with van der Waals surface area (Å²) in [7, 11) is 3.36. The molecule has 0 saturated heterocycles. The molecule has 1 aromatic carbocycles. The van der Waals surface area contributed by atoms with Gasteiger partial charge < -0.3 is 29.8 Å². The third-order valence-electron chi connectivity index (χ3n) is 4.13. The van der Waals surface area contributed by atoms with E-state index in [9.17, 15) is 4.79 Å². The first-order valence-corrected chi connectivity index (χ1v) is 9.73. The molecule has 0 atom stereocenters. The predicted molar refractivity (Wildman–Crippen MR) is 113 cm³/mol. The molecule has 29 heavy (non-hydrogen) atoms. The fraction of sp³-hybridized carbons (Fsp3) is 0.429. The normalized spacial score (nSPS) is 11.1. The van der Waals surface area contributed by atoms with Crippen LogP contribution in [-0.4, -0.2) is 52.3 Å². The van der Waals surface area contributed by atoms with Crippen molar-refractivity contribution in [2.45, 2.75) is 19.8 Å². The van der Waals surface area contributed by atoms with Gasteiger partial charge in [-0.05, 0) is 49.6 Å². The SMILES string of the molecule is CCOc1cc(CCCNC(=NC)NCCNC(=O)c2ccco2)ccc1OC. The minimum Gasteiger partial charge on any atom is -0.493 e. The summed E-state index contributed by atoms with van der Waals surface area (Å²) >= 11 is 0. The van der Waals surface area contributed by atoms with Crippen molar-refractivity contribution in [3.63, 3.8) is 0 Å². The minimum absolute atomic E-state index is 0.231. The molecular weight excluding hydrogens is 372 g/mol. The van der Waals surface area contributed by atoms with E-state index in [1.807, 2.05) is 19.1 Å². The van der Waals surface area contributed by atoms with E-state index in [0.29, 0.717) is 31.4 Å². The van der Waals surface area contributed by atoms with E-state index in [4.69, 9.17) is 13.9 Å². The first-order valence-electron chi connectivity index (χ1n) is 9.73. The molecule has 0 fully saturated rings. The van der Waals surface area contributed by atoms with Gasteiger partial charge in [0.05, 0.1) is 20.0 Å². The zero-order valence-electron chi connectivity index (χ0n) is 17.3. The molecule has 158 valence electrons. The number of amides is 1. The first kappa shape index (κ1) is 22.1. The molecule has 0 saturated carbocycles. The summed E-state index contributed by atoms with van der Waals surface area (Å²) in [6.07, 6.45) is 3.32. The van der Waals surface area contributed by atoms with Gasteiger partial charge in [0.1, 0.15) is 0 Å². The Labute approximate surface area is 171 Å². The molecule has 0 unspecified atom stereocenters. The van der Waals surface area contributed by atoms with E-state index in [-0.39, 0.29) is 5.91 Å². The molecule has 0 radical (unpaired) electrons. The summed E-state index contributed by atoms with van der Waals surface area (Å²) in [6, 6.07) is 9.32. The molecule has 3 N–H and O–H groups in total. The summed E-state index contributed by atoms with van der Waals surface area (Å²) in [4.78, 5) is 16.0. The molecule has 0 aliphatic heterocycles. The molecule has 2 rings (SSSR count). The van der Waals surface area contributed by atoms with Crippen LogP contribution in [0.5, 0.6) is 11.5 Å². The number of aryl methyl sites for hydroxylation is 1. The fourth-order valence-electron chi connectivity index (χ4n) is 2.72. The lowest BCUT2D eigenvalue weighted by molar-refractivity contribution is 0.0926. The lowest BCUT2D eigenvalue weighted by Gasteiger charge is -2.13.